The van der Waals surface area contributed by atoms with Crippen LogP contribution in [0.15, 0.2) is 327 Å². The first kappa shape index (κ1) is 51.4. The molecule has 0 nitrogen and oxygen atoms in total. The third-order valence-electron chi connectivity index (χ3n) is 18.2. The first-order chi connectivity index (χ1) is 38.2. The van der Waals surface area contributed by atoms with Gasteiger partial charge >= 0.3 is 0 Å². The van der Waals surface area contributed by atoms with Crippen LogP contribution in [0.25, 0.3) is 0 Å². The second-order valence-corrected chi connectivity index (χ2v) is 27.6. The molecule has 13 aliphatic rings. The molecule has 0 aromatic carbocycles. The molecule has 80 heavy (non-hydrogen) atoms. The van der Waals surface area contributed by atoms with Gasteiger partial charge < -0.3 is 0 Å². The molecule has 1 fully saturated rings. The van der Waals surface area contributed by atoms with E-state index in [9.17, 15) is 0 Å². The summed E-state index contributed by atoms with van der Waals surface area (Å²) < 4.78 is 0. The van der Waals surface area contributed by atoms with Gasteiger partial charge in [0.15, 0.2) is 0 Å². The highest BCUT2D eigenvalue weighted by atomic mass is 14.5. The van der Waals surface area contributed by atoms with E-state index in [1.165, 1.54) is 66.9 Å². The number of allylic oxidation sites excluding steroid dienone is 40. The average Bonchev–Trinajstić information content (AvgIpc) is 4.41. The van der Waals surface area contributed by atoms with Crippen molar-refractivity contribution in [2.45, 2.75) is 83.1 Å². The number of rotatable bonds is 4. The van der Waals surface area contributed by atoms with Crippen LogP contribution in [0.4, 0.5) is 0 Å². The van der Waals surface area contributed by atoms with Gasteiger partial charge in [-0.1, -0.05) is 229 Å². The van der Waals surface area contributed by atoms with Crippen LogP contribution in [0.1, 0.15) is 83.1 Å². The van der Waals surface area contributed by atoms with Crippen LogP contribution in [0.3, 0.4) is 0 Å². The zero-order valence-electron chi connectivity index (χ0n) is 48.8. The van der Waals surface area contributed by atoms with Crippen LogP contribution in [0.5, 0.6) is 0 Å². The van der Waals surface area contributed by atoms with E-state index >= 15 is 0 Å². The van der Waals surface area contributed by atoms with Gasteiger partial charge in [-0.3, -0.25) is 0 Å². The number of hydrogen-bond acceptors (Lipinski definition) is 0. The summed E-state index contributed by atoms with van der Waals surface area (Å²) in [6.45, 7) is 27.7. The average molecular weight is 1030 g/mol. The third-order valence-corrected chi connectivity index (χ3v) is 18.2. The quantitative estimate of drug-likeness (QED) is 0.246. The highest BCUT2D eigenvalue weighted by Crippen LogP contribution is 2.58. The van der Waals surface area contributed by atoms with Crippen LogP contribution in [0, 0.1) is 69.0 Å². The molecule has 13 rings (SSSR count). The lowest BCUT2D eigenvalue weighted by molar-refractivity contribution is 0.517. The summed E-state index contributed by atoms with van der Waals surface area (Å²) >= 11 is 0. The SMILES string of the molecule is CC(C)(C)C1=CC=C2C(=C=C1)C1=C=C2C(C2C=CC=C2)C2=C=C(C3=CC=C(C(C)(C)C)C=C=C23)C(C2C=CC=C2)C2=C=C(C3=CC=C(C(C)(C)C)C=C=C23)C(C2C=CC=C2)C2=C=C(C3=CC=C(C(C)(C)C)C=C=C23)C1C1C=CC=C1. The summed E-state index contributed by atoms with van der Waals surface area (Å²) in [4.78, 5) is 0. The lowest BCUT2D eigenvalue weighted by atomic mass is 9.73. The fourth-order valence-electron chi connectivity index (χ4n) is 13.6. The Bertz CT molecular complexity index is 3500. The molecule has 0 aromatic rings. The molecule has 0 heteroatoms. The maximum atomic E-state index is 4.41. The smallest absolute Gasteiger partial charge is 0.0362 e. The van der Waals surface area contributed by atoms with Gasteiger partial charge in [0.25, 0.3) is 0 Å². The fourth-order valence-corrected chi connectivity index (χ4v) is 13.6. The van der Waals surface area contributed by atoms with Crippen molar-refractivity contribution in [2.75, 3.05) is 0 Å². The van der Waals surface area contributed by atoms with E-state index in [1.54, 1.807) is 0 Å². The summed E-state index contributed by atoms with van der Waals surface area (Å²) in [6, 6.07) is 0. The van der Waals surface area contributed by atoms with Crippen molar-refractivity contribution in [1.29, 1.82) is 0 Å². The maximum Gasteiger partial charge on any atom is 0.0362 e. The molecule has 4 unspecified atom stereocenters. The van der Waals surface area contributed by atoms with Crippen LogP contribution < -0.4 is 0 Å². The molecule has 4 atom stereocenters. The summed E-state index contributed by atoms with van der Waals surface area (Å²) in [5.41, 5.74) is 56.8. The van der Waals surface area contributed by atoms with E-state index in [2.05, 4.69) is 299 Å². The maximum absolute atomic E-state index is 4.41. The van der Waals surface area contributed by atoms with Gasteiger partial charge in [-0.2, -0.15) is 0 Å². The van der Waals surface area contributed by atoms with E-state index in [0.717, 1.165) is 44.6 Å². The minimum absolute atomic E-state index is 0.0260. The third kappa shape index (κ3) is 8.68. The predicted molar refractivity (Wildman–Crippen MR) is 332 cm³/mol. The van der Waals surface area contributed by atoms with E-state index in [4.69, 9.17) is 0 Å². The van der Waals surface area contributed by atoms with Crippen molar-refractivity contribution in [3.8, 4) is 0 Å². The summed E-state index contributed by atoms with van der Waals surface area (Å²) in [7, 11) is 0. The Morgan fingerprint density at radius 2 is 0.438 bits per heavy atom. The Kier molecular flexibility index (Phi) is 12.1. The van der Waals surface area contributed by atoms with Gasteiger partial charge in [-0.25, -0.2) is 0 Å². The van der Waals surface area contributed by atoms with Crippen LogP contribution in [-0.2, 0) is 0 Å². The van der Waals surface area contributed by atoms with Crippen molar-refractivity contribution >= 4 is 0 Å². The molecule has 0 amide bonds. The summed E-state index contributed by atoms with van der Waals surface area (Å²) in [5.74, 6) is -0.570. The Hall–Kier alpha value is -8.00. The second kappa shape index (κ2) is 18.8. The molecule has 392 valence electrons. The molecule has 8 bridgehead atoms. The Balaban J connectivity index is 1.23. The molecule has 0 heterocycles. The molecule has 0 spiro atoms. The largest absolute Gasteiger partial charge is 0.111 e. The highest BCUT2D eigenvalue weighted by molar-refractivity contribution is 5.78. The van der Waals surface area contributed by atoms with Gasteiger partial charge in [0.1, 0.15) is 0 Å². The van der Waals surface area contributed by atoms with E-state index in [0.29, 0.717) is 0 Å². The van der Waals surface area contributed by atoms with Crippen molar-refractivity contribution in [1.82, 2.24) is 0 Å². The topological polar surface area (TPSA) is 0 Å². The summed E-state index contributed by atoms with van der Waals surface area (Å²) in [5, 5.41) is 0. The molecular weight excluding hydrogens is 961 g/mol. The Labute approximate surface area is 476 Å². The van der Waals surface area contributed by atoms with Crippen LogP contribution in [0.2, 0.25) is 0 Å². The molecule has 0 aliphatic heterocycles. The minimum atomic E-state index is -0.168. The zero-order chi connectivity index (χ0) is 55.6. The minimum Gasteiger partial charge on any atom is -0.111 e. The Morgan fingerprint density at radius 3 is 0.613 bits per heavy atom. The van der Waals surface area contributed by atoms with Crippen molar-refractivity contribution < 1.29 is 0 Å². The standard InChI is InChI=1S/C80H72/c1-77(2,3)53-29-37-57-58(38-30-53)66-45-65(57)73(49-21-13-14-22-49)67-46-69(61-41-33-54(78(4,5)6)31-39-59(61)67)75(51-25-17-18-26-51)71-48-72(64-44-36-56(80(10,11)12)35-43-63(64)71)76(52-27-19-20-28-52)70-47-68(74(66)50-23-15-16-24-50)60-40-32-55(79(7,8)9)34-42-62(60)70/h13-37,40-41,44,49-52,73-76H,1-12H3. The van der Waals surface area contributed by atoms with Crippen molar-refractivity contribution in [2.24, 2.45) is 69.0 Å². The Morgan fingerprint density at radius 1 is 0.250 bits per heavy atom. The zero-order valence-corrected chi connectivity index (χ0v) is 48.8. The van der Waals surface area contributed by atoms with Gasteiger partial charge in [-0.15, -0.1) is 45.8 Å². The van der Waals surface area contributed by atoms with E-state index in [1.807, 2.05) is 0 Å². The molecule has 0 saturated heterocycles. The fraction of sp³-hybridized carbons (Fsp3) is 0.300. The molecule has 0 aromatic heterocycles. The van der Waals surface area contributed by atoms with E-state index in [-0.39, 0.29) is 69.0 Å². The normalized spacial score (nSPS) is 26.4. The van der Waals surface area contributed by atoms with Crippen LogP contribution >= 0.6 is 0 Å². The molecular formula is C80H72. The molecule has 0 N–H and O–H groups in total. The molecule has 1 saturated carbocycles. The second-order valence-electron chi connectivity index (χ2n) is 27.6. The van der Waals surface area contributed by atoms with Gasteiger partial charge in [0.05, 0.1) is 0 Å². The van der Waals surface area contributed by atoms with Crippen LogP contribution in [-0.4, -0.2) is 0 Å². The molecule has 0 radical (unpaired) electrons. The van der Waals surface area contributed by atoms with Gasteiger partial charge in [0, 0.05) is 137 Å². The first-order valence-corrected chi connectivity index (χ1v) is 29.3. The number of hydrogen-bond donors (Lipinski definition) is 0. The lowest BCUT2D eigenvalue weighted by Crippen LogP contribution is -2.19. The molecule has 13 aliphatic carbocycles. The predicted octanol–water partition coefficient (Wildman–Crippen LogP) is 19.3. The lowest BCUT2D eigenvalue weighted by Gasteiger charge is -2.27. The first-order valence-electron chi connectivity index (χ1n) is 29.3. The monoisotopic (exact) mass is 1030 g/mol. The highest BCUT2D eigenvalue weighted by Gasteiger charge is 2.47. The summed E-state index contributed by atoms with van der Waals surface area (Å²) in [6.07, 6.45) is 65.1. The van der Waals surface area contributed by atoms with E-state index < -0.39 is 0 Å². The van der Waals surface area contributed by atoms with Crippen molar-refractivity contribution in [3.63, 3.8) is 0 Å². The van der Waals surface area contributed by atoms with Gasteiger partial charge in [-0.05, 0) is 68.3 Å². The van der Waals surface area contributed by atoms with Crippen molar-refractivity contribution in [3.05, 3.63) is 327 Å². The van der Waals surface area contributed by atoms with Gasteiger partial charge in [0.2, 0.25) is 0 Å².